The van der Waals surface area contributed by atoms with Crippen molar-refractivity contribution >= 4 is 14.3 Å². The van der Waals surface area contributed by atoms with Crippen molar-refractivity contribution in [2.75, 3.05) is 13.2 Å². The number of nitrogens with one attached hydrogen (secondary N) is 1. The lowest BCUT2D eigenvalue weighted by Crippen LogP contribution is -2.51. The van der Waals surface area contributed by atoms with Crippen LogP contribution in [-0.2, 0) is 13.8 Å². The number of amides is 1. The van der Waals surface area contributed by atoms with E-state index in [-0.39, 0.29) is 18.1 Å². The van der Waals surface area contributed by atoms with E-state index in [0.29, 0.717) is 18.4 Å². The molecule has 0 spiro atoms. The minimum absolute atomic E-state index is 0.0644. The Morgan fingerprint density at radius 3 is 2.63 bits per heavy atom. The zero-order valence-electron chi connectivity index (χ0n) is 24.5. The van der Waals surface area contributed by atoms with Crippen LogP contribution in [0, 0.1) is 46.3 Å². The zero-order chi connectivity index (χ0) is 27.5. The van der Waals surface area contributed by atoms with Crippen LogP contribution in [-0.4, -0.2) is 30.2 Å². The van der Waals surface area contributed by atoms with Gasteiger partial charge in [-0.2, -0.15) is 0 Å². The van der Waals surface area contributed by atoms with Crippen molar-refractivity contribution in [1.29, 1.82) is 0 Å². The Morgan fingerprint density at radius 1 is 1.11 bits per heavy atom. The second kappa shape index (κ2) is 12.7. The SMILES string of the molecule is CC(C)CCC[C@@H](C)[C@H]1CCC2C3CC=C4CC(OC(=O)NCCCO[P+](=O)O)CC[C@]4(C)C3CC[C@@]21C. The van der Waals surface area contributed by atoms with Gasteiger partial charge in [0.25, 0.3) is 0 Å². The van der Waals surface area contributed by atoms with Gasteiger partial charge in [0.05, 0.1) is 0 Å². The number of carbonyl (C=O) groups excluding carboxylic acids is 1. The summed E-state index contributed by atoms with van der Waals surface area (Å²) in [5, 5.41) is 2.75. The number of carbonyl (C=O) groups is 1. The molecule has 9 atom stereocenters. The van der Waals surface area contributed by atoms with Gasteiger partial charge < -0.3 is 10.1 Å². The number of hydrogen-bond donors (Lipinski definition) is 2. The highest BCUT2D eigenvalue weighted by Crippen LogP contribution is 2.67. The van der Waals surface area contributed by atoms with E-state index in [4.69, 9.17) is 9.63 Å². The second-order valence-electron chi connectivity index (χ2n) is 13.9. The fourth-order valence-electron chi connectivity index (χ4n) is 9.35. The van der Waals surface area contributed by atoms with Crippen LogP contribution >= 0.6 is 8.25 Å². The van der Waals surface area contributed by atoms with Crippen LogP contribution < -0.4 is 5.32 Å². The molecule has 0 bridgehead atoms. The average Bonchev–Trinajstić information content (AvgIpc) is 3.21. The Morgan fingerprint density at radius 2 is 1.89 bits per heavy atom. The van der Waals surface area contributed by atoms with Gasteiger partial charge in [0.1, 0.15) is 12.7 Å². The normalized spacial score (nSPS) is 37.5. The summed E-state index contributed by atoms with van der Waals surface area (Å²) in [4.78, 5) is 21.0. The molecule has 6 nitrogen and oxygen atoms in total. The summed E-state index contributed by atoms with van der Waals surface area (Å²) in [5.74, 6) is 4.99. The van der Waals surface area contributed by atoms with Crippen LogP contribution in [0.2, 0.25) is 0 Å². The average molecular weight is 551 g/mol. The van der Waals surface area contributed by atoms with Gasteiger partial charge in [-0.25, -0.2) is 4.79 Å². The minimum atomic E-state index is -2.58. The van der Waals surface area contributed by atoms with Crippen molar-refractivity contribution < 1.29 is 23.5 Å². The van der Waals surface area contributed by atoms with E-state index in [2.05, 4.69) is 50.5 Å². The van der Waals surface area contributed by atoms with Crippen LogP contribution in [0.1, 0.15) is 112 Å². The maximum absolute atomic E-state index is 12.3. The molecule has 3 fully saturated rings. The van der Waals surface area contributed by atoms with Gasteiger partial charge in [0, 0.05) is 17.5 Å². The van der Waals surface area contributed by atoms with E-state index in [0.717, 1.165) is 54.8 Å². The molecule has 7 heteroatoms. The summed E-state index contributed by atoms with van der Waals surface area (Å²) in [6.45, 7) is 12.9. The van der Waals surface area contributed by atoms with Crippen LogP contribution in [0.3, 0.4) is 0 Å². The molecule has 0 heterocycles. The maximum atomic E-state index is 12.3. The maximum Gasteiger partial charge on any atom is 0.694 e. The molecule has 0 aromatic heterocycles. The lowest BCUT2D eigenvalue weighted by Gasteiger charge is -2.58. The van der Waals surface area contributed by atoms with E-state index >= 15 is 0 Å². The molecule has 2 N–H and O–H groups in total. The zero-order valence-corrected chi connectivity index (χ0v) is 25.4. The Balaban J connectivity index is 1.32. The second-order valence-corrected chi connectivity index (χ2v) is 14.6. The lowest BCUT2D eigenvalue weighted by atomic mass is 9.47. The molecule has 4 aliphatic carbocycles. The summed E-state index contributed by atoms with van der Waals surface area (Å²) in [6.07, 6.45) is 16.4. The van der Waals surface area contributed by atoms with Crippen molar-refractivity contribution in [3.63, 3.8) is 0 Å². The molecule has 1 amide bonds. The molecule has 4 aliphatic rings. The third-order valence-electron chi connectivity index (χ3n) is 11.3. The molecule has 0 saturated heterocycles. The lowest BCUT2D eigenvalue weighted by molar-refractivity contribution is -0.0581. The molecule has 216 valence electrons. The van der Waals surface area contributed by atoms with Gasteiger partial charge >= 0.3 is 14.3 Å². The number of allylic oxidation sites excluding steroid dienone is 1. The number of hydrogen-bond acceptors (Lipinski definition) is 4. The fourth-order valence-corrected chi connectivity index (χ4v) is 9.64. The van der Waals surface area contributed by atoms with Crippen LogP contribution in [0.4, 0.5) is 4.79 Å². The first kappa shape index (κ1) is 30.0. The molecule has 0 aromatic carbocycles. The monoisotopic (exact) mass is 550 g/mol. The van der Waals surface area contributed by atoms with Crippen molar-refractivity contribution in [3.05, 3.63) is 11.6 Å². The number of alkyl carbamates (subject to hydrolysis) is 1. The smallest absolute Gasteiger partial charge is 0.446 e. The van der Waals surface area contributed by atoms with Gasteiger partial charge in [0.2, 0.25) is 0 Å². The molecule has 0 aromatic rings. The van der Waals surface area contributed by atoms with E-state index in [1.54, 1.807) is 0 Å². The molecule has 0 aliphatic heterocycles. The summed E-state index contributed by atoms with van der Waals surface area (Å²) in [6, 6.07) is 0. The van der Waals surface area contributed by atoms with Crippen molar-refractivity contribution in [3.8, 4) is 0 Å². The first-order valence-corrected chi connectivity index (χ1v) is 16.6. The molecule has 3 saturated carbocycles. The Bertz CT molecular complexity index is 876. The summed E-state index contributed by atoms with van der Waals surface area (Å²) < 4.78 is 21.0. The quantitative estimate of drug-likeness (QED) is 0.154. The van der Waals surface area contributed by atoms with Crippen LogP contribution in [0.5, 0.6) is 0 Å². The Labute approximate surface area is 232 Å². The van der Waals surface area contributed by atoms with Gasteiger partial charge in [-0.15, -0.1) is 9.42 Å². The Kier molecular flexibility index (Phi) is 10.0. The van der Waals surface area contributed by atoms with E-state index in [1.165, 1.54) is 56.9 Å². The van der Waals surface area contributed by atoms with Crippen molar-refractivity contribution in [1.82, 2.24) is 5.32 Å². The molecule has 38 heavy (non-hydrogen) atoms. The number of rotatable bonds is 11. The number of ether oxygens (including phenoxy) is 1. The molecular weight excluding hydrogens is 497 g/mol. The Hall–Kier alpha value is -0.970. The van der Waals surface area contributed by atoms with Crippen molar-refractivity contribution in [2.24, 2.45) is 46.3 Å². The van der Waals surface area contributed by atoms with Crippen LogP contribution in [0.15, 0.2) is 11.6 Å². The fraction of sp³-hybridized carbons (Fsp3) is 0.903. The summed E-state index contributed by atoms with van der Waals surface area (Å²) in [5.41, 5.74) is 2.29. The first-order chi connectivity index (χ1) is 18.0. The highest BCUT2D eigenvalue weighted by atomic mass is 31.1. The summed E-state index contributed by atoms with van der Waals surface area (Å²) >= 11 is 0. The van der Waals surface area contributed by atoms with Crippen molar-refractivity contribution in [2.45, 2.75) is 118 Å². The van der Waals surface area contributed by atoms with E-state index in [1.807, 2.05) is 0 Å². The molecular formula is C31H53NO5P+. The van der Waals surface area contributed by atoms with Gasteiger partial charge in [-0.3, -0.25) is 0 Å². The molecule has 5 unspecified atom stereocenters. The molecule has 4 rings (SSSR count). The predicted octanol–water partition coefficient (Wildman–Crippen LogP) is 8.18. The van der Waals surface area contributed by atoms with E-state index in [9.17, 15) is 9.36 Å². The largest absolute Gasteiger partial charge is 0.694 e. The van der Waals surface area contributed by atoms with E-state index < -0.39 is 14.3 Å². The third-order valence-corrected chi connectivity index (χ3v) is 11.7. The standard InChI is InChI=1S/C31H52NO5P/c1-21(2)8-6-9-22(3)26-12-13-27-25-11-10-23-20-24(37-29(33)32-18-7-19-36-38(34)35)14-16-30(23,4)28(25)15-17-31(26,27)5/h10,21-22,24-28H,6-9,11-20H2,1-5H3,(H-,32,33,34,35)/p+1/t22-,24?,25?,26-,27?,28?,30+,31-/m1/s1. The van der Waals surface area contributed by atoms with Gasteiger partial charge in [0.15, 0.2) is 0 Å². The van der Waals surface area contributed by atoms with Gasteiger partial charge in [-0.05, 0) is 97.7 Å². The molecule has 0 radical (unpaired) electrons. The third kappa shape index (κ3) is 6.50. The number of fused-ring (bicyclic) bond motifs is 5. The highest BCUT2D eigenvalue weighted by molar-refractivity contribution is 7.32. The van der Waals surface area contributed by atoms with Crippen LogP contribution in [0.25, 0.3) is 0 Å². The topological polar surface area (TPSA) is 84.9 Å². The van der Waals surface area contributed by atoms with Gasteiger partial charge in [-0.1, -0.05) is 65.5 Å². The predicted molar refractivity (Wildman–Crippen MR) is 152 cm³/mol. The highest BCUT2D eigenvalue weighted by Gasteiger charge is 2.59. The first-order valence-electron chi connectivity index (χ1n) is 15.5. The minimum Gasteiger partial charge on any atom is -0.446 e. The summed E-state index contributed by atoms with van der Waals surface area (Å²) in [7, 11) is -2.58.